The molecular formula is C46H96P+. The molecule has 0 saturated heterocycles. The summed E-state index contributed by atoms with van der Waals surface area (Å²) in [5.41, 5.74) is 0. The summed E-state index contributed by atoms with van der Waals surface area (Å²) in [4.78, 5) is 0. The molecule has 0 bridgehead atoms. The summed E-state index contributed by atoms with van der Waals surface area (Å²) < 4.78 is 0. The Balaban J connectivity index is 4.45. The van der Waals surface area contributed by atoms with E-state index < -0.39 is 7.26 Å². The first-order valence-corrected chi connectivity index (χ1v) is 25.6. The molecule has 0 aromatic heterocycles. The normalized spacial score (nSPS) is 12.0. The van der Waals surface area contributed by atoms with Gasteiger partial charge >= 0.3 is 0 Å². The molecule has 0 radical (unpaired) electrons. The van der Waals surface area contributed by atoms with Gasteiger partial charge in [0.2, 0.25) is 0 Å². The van der Waals surface area contributed by atoms with Crippen molar-refractivity contribution in [3.05, 3.63) is 0 Å². The van der Waals surface area contributed by atoms with E-state index in [1.165, 1.54) is 225 Å². The van der Waals surface area contributed by atoms with Crippen molar-refractivity contribution in [2.75, 3.05) is 24.6 Å². The molecule has 0 rings (SSSR count). The lowest BCUT2D eigenvalue weighted by atomic mass is 10.1. The summed E-state index contributed by atoms with van der Waals surface area (Å²) in [5, 5.41) is 0. The predicted octanol–water partition coefficient (Wildman–Crippen LogP) is 17.9. The zero-order chi connectivity index (χ0) is 34.2. The second-order valence-corrected chi connectivity index (χ2v) is 20.7. The Hall–Kier alpha value is 0.430. The summed E-state index contributed by atoms with van der Waals surface area (Å²) in [6.07, 6.45) is 63.1. The highest BCUT2D eigenvalue weighted by molar-refractivity contribution is 7.75. The minimum absolute atomic E-state index is 0.752. The lowest BCUT2D eigenvalue weighted by Crippen LogP contribution is -2.13. The molecule has 0 spiro atoms. The van der Waals surface area contributed by atoms with Gasteiger partial charge < -0.3 is 0 Å². The van der Waals surface area contributed by atoms with Crippen LogP contribution in [0.3, 0.4) is 0 Å². The molecule has 0 amide bonds. The molecule has 0 aliphatic rings. The van der Waals surface area contributed by atoms with Crippen LogP contribution < -0.4 is 0 Å². The standard InChI is InChI=1S/C46H96P/c1-5-9-13-16-19-22-25-28-31-34-37-40-44-47(43-12-8-4,45-41-38-35-32-29-26-23-20-17-14-10-6-2)46-42-39-36-33-30-27-24-21-18-15-11-7-3/h5-46H2,1-4H3/q+1. The van der Waals surface area contributed by atoms with Crippen LogP contribution in [0.4, 0.5) is 0 Å². The van der Waals surface area contributed by atoms with Crippen LogP contribution in [0.5, 0.6) is 0 Å². The number of hydrogen-bond acceptors (Lipinski definition) is 0. The number of hydrogen-bond donors (Lipinski definition) is 0. The molecule has 0 fully saturated rings. The highest BCUT2D eigenvalue weighted by Gasteiger charge is 2.34. The van der Waals surface area contributed by atoms with E-state index in [1.807, 2.05) is 0 Å². The molecule has 1 heteroatoms. The van der Waals surface area contributed by atoms with Gasteiger partial charge in [-0.05, 0) is 44.9 Å². The monoisotopic (exact) mass is 680 g/mol. The van der Waals surface area contributed by atoms with Gasteiger partial charge in [0.25, 0.3) is 0 Å². The van der Waals surface area contributed by atoms with Crippen LogP contribution in [0.1, 0.15) is 272 Å². The van der Waals surface area contributed by atoms with Crippen molar-refractivity contribution in [1.82, 2.24) is 0 Å². The Bertz CT molecular complexity index is 472. The Morgan fingerprint density at radius 3 is 0.511 bits per heavy atom. The third-order valence-corrected chi connectivity index (χ3v) is 16.5. The summed E-state index contributed by atoms with van der Waals surface area (Å²) >= 11 is 0. The fraction of sp³-hybridized carbons (Fsp3) is 1.00. The second kappa shape index (κ2) is 40.9. The highest BCUT2D eigenvalue weighted by atomic mass is 31.2. The fourth-order valence-electron chi connectivity index (χ4n) is 8.03. The molecule has 0 aliphatic heterocycles. The van der Waals surface area contributed by atoms with Crippen molar-refractivity contribution in [3.63, 3.8) is 0 Å². The lowest BCUT2D eigenvalue weighted by Gasteiger charge is -2.28. The van der Waals surface area contributed by atoms with E-state index >= 15 is 0 Å². The van der Waals surface area contributed by atoms with Crippen molar-refractivity contribution in [2.45, 2.75) is 272 Å². The molecule has 0 heterocycles. The molecular weight excluding hydrogens is 583 g/mol. The first-order chi connectivity index (χ1) is 23.2. The smallest absolute Gasteiger partial charge is 0.0594 e. The van der Waals surface area contributed by atoms with E-state index in [0.717, 1.165) is 0 Å². The molecule has 0 atom stereocenters. The van der Waals surface area contributed by atoms with E-state index in [1.54, 1.807) is 43.9 Å². The number of unbranched alkanes of at least 4 members (excludes halogenated alkanes) is 34. The van der Waals surface area contributed by atoms with Gasteiger partial charge in [0, 0.05) is 7.26 Å². The maximum atomic E-state index is 2.45. The summed E-state index contributed by atoms with van der Waals surface area (Å²) in [6, 6.07) is 0. The van der Waals surface area contributed by atoms with Gasteiger partial charge in [-0.1, -0.05) is 227 Å². The molecule has 0 aromatic rings. The van der Waals surface area contributed by atoms with Crippen LogP contribution in [0.15, 0.2) is 0 Å². The summed E-state index contributed by atoms with van der Waals surface area (Å²) in [6.45, 7) is 9.43. The summed E-state index contributed by atoms with van der Waals surface area (Å²) in [5.74, 6) is 0. The van der Waals surface area contributed by atoms with Gasteiger partial charge in [-0.3, -0.25) is 0 Å². The Labute approximate surface area is 302 Å². The Morgan fingerprint density at radius 1 is 0.170 bits per heavy atom. The average molecular weight is 680 g/mol. The maximum absolute atomic E-state index is 2.45. The molecule has 0 aromatic carbocycles. The second-order valence-electron chi connectivity index (χ2n) is 16.3. The zero-order valence-corrected chi connectivity index (χ0v) is 35.0. The molecule has 284 valence electrons. The topological polar surface area (TPSA) is 0 Å². The van der Waals surface area contributed by atoms with Crippen LogP contribution in [-0.4, -0.2) is 24.6 Å². The minimum atomic E-state index is -0.752. The maximum Gasteiger partial charge on any atom is 0.0594 e. The molecule has 0 aliphatic carbocycles. The largest absolute Gasteiger partial charge is 0.0654 e. The third-order valence-electron chi connectivity index (χ3n) is 11.4. The summed E-state index contributed by atoms with van der Waals surface area (Å²) in [7, 11) is -0.752. The fourth-order valence-corrected chi connectivity index (χ4v) is 13.0. The van der Waals surface area contributed by atoms with E-state index in [9.17, 15) is 0 Å². The van der Waals surface area contributed by atoms with Gasteiger partial charge in [0.05, 0.1) is 24.6 Å². The van der Waals surface area contributed by atoms with Gasteiger partial charge in [-0.25, -0.2) is 0 Å². The van der Waals surface area contributed by atoms with Crippen LogP contribution in [-0.2, 0) is 0 Å². The Morgan fingerprint density at radius 2 is 0.319 bits per heavy atom. The Kier molecular flexibility index (Phi) is 41.2. The van der Waals surface area contributed by atoms with Crippen molar-refractivity contribution >= 4 is 7.26 Å². The SMILES string of the molecule is CCCCCCCCCCCCCC[P+](CCCC)(CCCCCCCCCCCCCC)CCCCCCCCCCCCCC. The van der Waals surface area contributed by atoms with E-state index in [-0.39, 0.29) is 0 Å². The highest BCUT2D eigenvalue weighted by Crippen LogP contribution is 2.61. The average Bonchev–Trinajstić information content (AvgIpc) is 3.08. The van der Waals surface area contributed by atoms with Gasteiger partial charge in [0.1, 0.15) is 0 Å². The first-order valence-electron chi connectivity index (χ1n) is 23.1. The lowest BCUT2D eigenvalue weighted by molar-refractivity contribution is 0.546. The molecule has 0 nitrogen and oxygen atoms in total. The first kappa shape index (κ1) is 47.4. The van der Waals surface area contributed by atoms with Gasteiger partial charge in [0.15, 0.2) is 0 Å². The van der Waals surface area contributed by atoms with Crippen LogP contribution in [0.25, 0.3) is 0 Å². The molecule has 0 N–H and O–H groups in total. The molecule has 0 unspecified atom stereocenters. The van der Waals surface area contributed by atoms with Crippen LogP contribution in [0.2, 0.25) is 0 Å². The van der Waals surface area contributed by atoms with E-state index in [4.69, 9.17) is 0 Å². The molecule has 47 heavy (non-hydrogen) atoms. The third kappa shape index (κ3) is 36.0. The van der Waals surface area contributed by atoms with E-state index in [2.05, 4.69) is 27.7 Å². The number of rotatable bonds is 42. The minimum Gasteiger partial charge on any atom is -0.0654 e. The van der Waals surface area contributed by atoms with Crippen molar-refractivity contribution < 1.29 is 0 Å². The van der Waals surface area contributed by atoms with Crippen molar-refractivity contribution in [1.29, 1.82) is 0 Å². The predicted molar refractivity (Wildman–Crippen MR) is 225 cm³/mol. The van der Waals surface area contributed by atoms with Crippen molar-refractivity contribution in [3.8, 4) is 0 Å². The molecule has 0 saturated carbocycles. The quantitative estimate of drug-likeness (QED) is 0.0445. The van der Waals surface area contributed by atoms with Crippen LogP contribution in [0, 0.1) is 0 Å². The van der Waals surface area contributed by atoms with Crippen molar-refractivity contribution in [2.24, 2.45) is 0 Å². The van der Waals surface area contributed by atoms with Gasteiger partial charge in [-0.15, -0.1) is 0 Å². The van der Waals surface area contributed by atoms with Gasteiger partial charge in [-0.2, -0.15) is 0 Å². The van der Waals surface area contributed by atoms with E-state index in [0.29, 0.717) is 0 Å². The zero-order valence-electron chi connectivity index (χ0n) is 34.1. The van der Waals surface area contributed by atoms with Crippen LogP contribution >= 0.6 is 7.26 Å².